The highest BCUT2D eigenvalue weighted by molar-refractivity contribution is 7.89. The van der Waals surface area contributed by atoms with Crippen molar-refractivity contribution in [2.45, 2.75) is 50.7 Å². The van der Waals surface area contributed by atoms with Crippen LogP contribution in [0, 0.1) is 0 Å². The van der Waals surface area contributed by atoms with Crippen molar-refractivity contribution in [2.24, 2.45) is 0 Å². The van der Waals surface area contributed by atoms with Crippen LogP contribution in [0.15, 0.2) is 45.1 Å². The number of hydrogen-bond acceptors (Lipinski definition) is 8. The Labute approximate surface area is 186 Å². The van der Waals surface area contributed by atoms with E-state index in [9.17, 15) is 8.42 Å². The number of thiophene rings is 1. The van der Waals surface area contributed by atoms with Gasteiger partial charge >= 0.3 is 0 Å². The van der Waals surface area contributed by atoms with Gasteiger partial charge in [-0.2, -0.15) is 9.29 Å². The molecular weight excluding hydrogens is 436 g/mol. The van der Waals surface area contributed by atoms with Gasteiger partial charge in [-0.3, -0.25) is 0 Å². The molecule has 0 amide bonds. The fourth-order valence-electron chi connectivity index (χ4n) is 3.42. The van der Waals surface area contributed by atoms with E-state index in [2.05, 4.69) is 15.5 Å². The van der Waals surface area contributed by atoms with E-state index in [-0.39, 0.29) is 17.5 Å². The van der Waals surface area contributed by atoms with Crippen LogP contribution in [0.3, 0.4) is 0 Å². The minimum atomic E-state index is -3.55. The third kappa shape index (κ3) is 5.08. The number of ether oxygens (including phenoxy) is 1. The quantitative estimate of drug-likeness (QED) is 0.531. The molecule has 1 aliphatic rings. The standard InChI is InChI=1S/C21H26N4O4S2/c1-15(2)28-18-9-8-16(31(26,27)25-10-4-3-5-11-25)13-17(18)22-14-20-23-21(24-29-20)19-7-6-12-30-19/h6-9,12-13,15,22H,3-5,10-11,14H2,1-2H3. The fourth-order valence-corrected chi connectivity index (χ4v) is 5.62. The lowest BCUT2D eigenvalue weighted by Crippen LogP contribution is -2.35. The highest BCUT2D eigenvalue weighted by atomic mass is 32.2. The van der Waals surface area contributed by atoms with Crippen LogP contribution in [-0.2, 0) is 16.6 Å². The SMILES string of the molecule is CC(C)Oc1ccc(S(=O)(=O)N2CCCCC2)cc1NCc1nc(-c2cccs2)no1. The zero-order valence-corrected chi connectivity index (χ0v) is 19.2. The topological polar surface area (TPSA) is 97.6 Å². The zero-order valence-electron chi connectivity index (χ0n) is 17.6. The second-order valence-corrected chi connectivity index (χ2v) is 10.5. The summed E-state index contributed by atoms with van der Waals surface area (Å²) in [4.78, 5) is 5.58. The molecule has 31 heavy (non-hydrogen) atoms. The van der Waals surface area contributed by atoms with E-state index in [0.717, 1.165) is 24.1 Å². The molecule has 0 spiro atoms. The van der Waals surface area contributed by atoms with Crippen LogP contribution >= 0.6 is 11.3 Å². The summed E-state index contributed by atoms with van der Waals surface area (Å²) in [6.07, 6.45) is 2.79. The lowest BCUT2D eigenvalue weighted by Gasteiger charge is -2.26. The van der Waals surface area contributed by atoms with Crippen molar-refractivity contribution in [3.8, 4) is 16.5 Å². The van der Waals surface area contributed by atoms with Crippen molar-refractivity contribution in [2.75, 3.05) is 18.4 Å². The highest BCUT2D eigenvalue weighted by Crippen LogP contribution is 2.31. The molecule has 0 atom stereocenters. The van der Waals surface area contributed by atoms with Crippen LogP contribution in [0.4, 0.5) is 5.69 Å². The molecule has 0 unspecified atom stereocenters. The second kappa shape index (κ2) is 9.37. The molecule has 2 aromatic heterocycles. The largest absolute Gasteiger partial charge is 0.489 e. The van der Waals surface area contributed by atoms with Crippen molar-refractivity contribution in [1.82, 2.24) is 14.4 Å². The van der Waals surface area contributed by atoms with E-state index >= 15 is 0 Å². The first-order chi connectivity index (χ1) is 14.9. The number of benzene rings is 1. The predicted molar refractivity (Wildman–Crippen MR) is 120 cm³/mol. The summed E-state index contributed by atoms with van der Waals surface area (Å²) in [5.41, 5.74) is 0.572. The Hall–Kier alpha value is -2.43. The van der Waals surface area contributed by atoms with Crippen molar-refractivity contribution in [3.05, 3.63) is 41.6 Å². The van der Waals surface area contributed by atoms with Crippen LogP contribution in [0.2, 0.25) is 0 Å². The first-order valence-electron chi connectivity index (χ1n) is 10.3. The van der Waals surface area contributed by atoms with E-state index < -0.39 is 10.0 Å². The average molecular weight is 463 g/mol. The smallest absolute Gasteiger partial charge is 0.246 e. The molecule has 0 aliphatic carbocycles. The maximum absolute atomic E-state index is 13.1. The molecular formula is C21H26N4O4S2. The van der Waals surface area contributed by atoms with Gasteiger partial charge in [0, 0.05) is 13.1 Å². The number of rotatable bonds is 8. The van der Waals surface area contributed by atoms with Gasteiger partial charge < -0.3 is 14.6 Å². The molecule has 1 aliphatic heterocycles. The first kappa shape index (κ1) is 21.8. The Morgan fingerprint density at radius 3 is 2.74 bits per heavy atom. The van der Waals surface area contributed by atoms with Gasteiger partial charge in [0.15, 0.2) is 0 Å². The summed E-state index contributed by atoms with van der Waals surface area (Å²) in [6.45, 7) is 5.21. The van der Waals surface area contributed by atoms with Crippen molar-refractivity contribution in [1.29, 1.82) is 0 Å². The number of nitrogens with zero attached hydrogens (tertiary/aromatic N) is 3. The van der Waals surface area contributed by atoms with Crippen molar-refractivity contribution >= 4 is 27.0 Å². The van der Waals surface area contributed by atoms with Crippen LogP contribution in [0.5, 0.6) is 5.75 Å². The maximum Gasteiger partial charge on any atom is 0.246 e. The number of nitrogens with one attached hydrogen (secondary N) is 1. The third-order valence-corrected chi connectivity index (χ3v) is 7.67. The number of anilines is 1. The van der Waals surface area contributed by atoms with Crippen molar-refractivity contribution in [3.63, 3.8) is 0 Å². The summed E-state index contributed by atoms with van der Waals surface area (Å²) in [5.74, 6) is 1.51. The molecule has 10 heteroatoms. The van der Waals surface area contributed by atoms with Gasteiger partial charge in [-0.15, -0.1) is 11.3 Å². The number of aromatic nitrogens is 2. The lowest BCUT2D eigenvalue weighted by molar-refractivity contribution is 0.243. The van der Waals surface area contributed by atoms with Gasteiger partial charge in [0.1, 0.15) is 5.75 Å². The second-order valence-electron chi connectivity index (χ2n) is 7.63. The summed E-state index contributed by atoms with van der Waals surface area (Å²) < 4.78 is 39.0. The zero-order chi connectivity index (χ0) is 21.8. The Kier molecular flexibility index (Phi) is 6.59. The predicted octanol–water partition coefficient (Wildman–Crippen LogP) is 4.37. The monoisotopic (exact) mass is 462 g/mol. The molecule has 1 saturated heterocycles. The summed E-state index contributed by atoms with van der Waals surface area (Å²) in [5, 5.41) is 9.17. The third-order valence-electron chi connectivity index (χ3n) is 4.91. The van der Waals surface area contributed by atoms with Crippen molar-refractivity contribution < 1.29 is 17.7 Å². The molecule has 0 bridgehead atoms. The summed E-state index contributed by atoms with van der Waals surface area (Å²) in [7, 11) is -3.55. The number of hydrogen-bond donors (Lipinski definition) is 1. The molecule has 0 radical (unpaired) electrons. The normalized spacial score (nSPS) is 15.3. The molecule has 3 aromatic rings. The molecule has 1 fully saturated rings. The van der Waals surface area contributed by atoms with Gasteiger partial charge in [0.05, 0.1) is 28.1 Å². The minimum Gasteiger partial charge on any atom is -0.489 e. The van der Waals surface area contributed by atoms with Crippen LogP contribution in [0.25, 0.3) is 10.7 Å². The molecule has 0 saturated carbocycles. The molecule has 1 aromatic carbocycles. The van der Waals surface area contributed by atoms with E-state index in [1.54, 1.807) is 22.5 Å². The van der Waals surface area contributed by atoms with Gasteiger partial charge in [0.2, 0.25) is 21.7 Å². The lowest BCUT2D eigenvalue weighted by atomic mass is 10.2. The maximum atomic E-state index is 13.1. The molecule has 166 valence electrons. The molecule has 1 N–H and O–H groups in total. The van der Waals surface area contributed by atoms with Gasteiger partial charge in [-0.05, 0) is 56.3 Å². The van der Waals surface area contributed by atoms with Crippen LogP contribution in [-0.4, -0.2) is 42.1 Å². The van der Waals surface area contributed by atoms with Gasteiger partial charge in [0.25, 0.3) is 0 Å². The Balaban J connectivity index is 1.56. The Bertz CT molecular complexity index is 1100. The first-order valence-corrected chi connectivity index (χ1v) is 12.7. The average Bonchev–Trinajstić information content (AvgIpc) is 3.45. The minimum absolute atomic E-state index is 0.0565. The fraction of sp³-hybridized carbons (Fsp3) is 0.429. The summed E-state index contributed by atoms with van der Waals surface area (Å²) >= 11 is 1.53. The van der Waals surface area contributed by atoms with E-state index in [1.165, 1.54) is 11.3 Å². The van der Waals surface area contributed by atoms with E-state index in [0.29, 0.717) is 36.2 Å². The number of piperidine rings is 1. The van der Waals surface area contributed by atoms with E-state index in [1.807, 2.05) is 31.4 Å². The molecule has 4 rings (SSSR count). The van der Waals surface area contributed by atoms with Gasteiger partial charge in [-0.25, -0.2) is 8.42 Å². The Morgan fingerprint density at radius 2 is 2.03 bits per heavy atom. The van der Waals surface area contributed by atoms with E-state index in [4.69, 9.17) is 9.26 Å². The molecule has 3 heterocycles. The molecule has 8 nitrogen and oxygen atoms in total. The van der Waals surface area contributed by atoms with Crippen LogP contribution in [0.1, 0.15) is 39.0 Å². The van der Waals surface area contributed by atoms with Crippen LogP contribution < -0.4 is 10.1 Å². The van der Waals surface area contributed by atoms with Gasteiger partial charge in [-0.1, -0.05) is 17.6 Å². The Morgan fingerprint density at radius 1 is 1.23 bits per heavy atom. The summed E-state index contributed by atoms with van der Waals surface area (Å²) in [6, 6.07) is 8.78. The highest BCUT2D eigenvalue weighted by Gasteiger charge is 2.27. The number of sulfonamides is 1.